The molecule has 6 nitrogen and oxygen atoms in total. The highest BCUT2D eigenvalue weighted by molar-refractivity contribution is 6.10. The zero-order valence-corrected chi connectivity index (χ0v) is 17.4. The Hall–Kier alpha value is -2.37. The van der Waals surface area contributed by atoms with Crippen molar-refractivity contribution in [3.63, 3.8) is 0 Å². The summed E-state index contributed by atoms with van der Waals surface area (Å²) < 4.78 is 0. The van der Waals surface area contributed by atoms with Gasteiger partial charge in [-0.15, -0.1) is 0 Å². The summed E-state index contributed by atoms with van der Waals surface area (Å²) >= 11 is 0. The van der Waals surface area contributed by atoms with E-state index in [9.17, 15) is 14.4 Å². The van der Waals surface area contributed by atoms with Gasteiger partial charge in [-0.2, -0.15) is 0 Å². The number of carbonyl (C=O) groups excluding carboxylic acids is 3. The third-order valence-electron chi connectivity index (χ3n) is 6.73. The van der Waals surface area contributed by atoms with Crippen LogP contribution < -0.4 is 4.90 Å². The molecule has 29 heavy (non-hydrogen) atoms. The highest BCUT2D eigenvalue weighted by Crippen LogP contribution is 2.44. The van der Waals surface area contributed by atoms with Gasteiger partial charge in [0.25, 0.3) is 5.91 Å². The van der Waals surface area contributed by atoms with Gasteiger partial charge in [0.2, 0.25) is 11.8 Å². The van der Waals surface area contributed by atoms with Crippen LogP contribution in [0.15, 0.2) is 24.3 Å². The Morgan fingerprint density at radius 3 is 2.48 bits per heavy atom. The Balaban J connectivity index is 1.45. The molecule has 3 heterocycles. The number of hydrogen-bond donors (Lipinski definition) is 0. The summed E-state index contributed by atoms with van der Waals surface area (Å²) in [6.45, 7) is 4.18. The maximum Gasteiger partial charge on any atom is 0.257 e. The Bertz CT molecular complexity index is 800. The summed E-state index contributed by atoms with van der Waals surface area (Å²) in [4.78, 5) is 44.1. The number of carbonyl (C=O) groups is 3. The van der Waals surface area contributed by atoms with Crippen molar-refractivity contribution in [1.29, 1.82) is 0 Å². The van der Waals surface area contributed by atoms with E-state index in [0.29, 0.717) is 37.8 Å². The number of benzene rings is 1. The molecule has 3 aliphatic rings. The molecule has 4 rings (SSSR count). The van der Waals surface area contributed by atoms with Crippen LogP contribution in [0.3, 0.4) is 0 Å². The SMILES string of the molecule is CC12CCC(=O)N1c1ccccc1C(=O)N2CCCC(=O)N1CCCCCCC1. The number of para-hydroxylation sites is 1. The fourth-order valence-electron chi connectivity index (χ4n) is 5.08. The molecule has 0 aliphatic carbocycles. The number of hydrogen-bond acceptors (Lipinski definition) is 3. The van der Waals surface area contributed by atoms with Gasteiger partial charge in [0.1, 0.15) is 5.66 Å². The zero-order chi connectivity index (χ0) is 20.4. The fourth-order valence-corrected chi connectivity index (χ4v) is 5.08. The van der Waals surface area contributed by atoms with Crippen LogP contribution in [0, 0.1) is 0 Å². The molecule has 0 spiro atoms. The van der Waals surface area contributed by atoms with E-state index in [1.165, 1.54) is 19.3 Å². The first-order valence-corrected chi connectivity index (χ1v) is 11.0. The second-order valence-corrected chi connectivity index (χ2v) is 8.67. The summed E-state index contributed by atoms with van der Waals surface area (Å²) in [7, 11) is 0. The second kappa shape index (κ2) is 8.17. The van der Waals surface area contributed by atoms with Gasteiger partial charge in [-0.3, -0.25) is 19.3 Å². The summed E-state index contributed by atoms with van der Waals surface area (Å²) in [6, 6.07) is 7.36. The van der Waals surface area contributed by atoms with Gasteiger partial charge in [-0.05, 0) is 44.7 Å². The van der Waals surface area contributed by atoms with Crippen LogP contribution in [-0.2, 0) is 9.59 Å². The van der Waals surface area contributed by atoms with E-state index in [0.717, 1.165) is 31.6 Å². The molecule has 0 aromatic heterocycles. The first-order valence-electron chi connectivity index (χ1n) is 11.0. The second-order valence-electron chi connectivity index (χ2n) is 8.67. The molecule has 0 saturated carbocycles. The lowest BCUT2D eigenvalue weighted by Crippen LogP contribution is -2.62. The molecule has 0 N–H and O–H groups in total. The van der Waals surface area contributed by atoms with Crippen LogP contribution in [0.4, 0.5) is 5.69 Å². The van der Waals surface area contributed by atoms with Crippen molar-refractivity contribution in [3.8, 4) is 0 Å². The minimum atomic E-state index is -0.633. The summed E-state index contributed by atoms with van der Waals surface area (Å²) in [5.74, 6) is 0.225. The molecular weight excluding hydrogens is 366 g/mol. The number of anilines is 1. The summed E-state index contributed by atoms with van der Waals surface area (Å²) in [5, 5.41) is 0. The maximum absolute atomic E-state index is 13.2. The van der Waals surface area contributed by atoms with E-state index in [1.807, 2.05) is 34.9 Å². The van der Waals surface area contributed by atoms with Gasteiger partial charge in [-0.1, -0.05) is 31.4 Å². The Morgan fingerprint density at radius 2 is 1.72 bits per heavy atom. The van der Waals surface area contributed by atoms with E-state index < -0.39 is 5.66 Å². The monoisotopic (exact) mass is 397 g/mol. The molecular formula is C23H31N3O3. The van der Waals surface area contributed by atoms with Crippen molar-refractivity contribution in [2.75, 3.05) is 24.5 Å². The zero-order valence-electron chi connectivity index (χ0n) is 17.4. The normalized spacial score (nSPS) is 24.8. The van der Waals surface area contributed by atoms with Crippen molar-refractivity contribution >= 4 is 23.4 Å². The molecule has 2 fully saturated rings. The number of likely N-dealkylation sites (tertiary alicyclic amines) is 1. The van der Waals surface area contributed by atoms with Crippen LogP contribution in [0.2, 0.25) is 0 Å². The van der Waals surface area contributed by atoms with Crippen LogP contribution in [0.25, 0.3) is 0 Å². The van der Waals surface area contributed by atoms with E-state index in [1.54, 1.807) is 11.0 Å². The highest BCUT2D eigenvalue weighted by Gasteiger charge is 2.52. The minimum Gasteiger partial charge on any atom is -0.343 e. The molecule has 3 aliphatic heterocycles. The maximum atomic E-state index is 13.2. The average Bonchev–Trinajstić information content (AvgIpc) is 2.99. The van der Waals surface area contributed by atoms with Gasteiger partial charge < -0.3 is 9.80 Å². The van der Waals surface area contributed by atoms with Crippen molar-refractivity contribution in [3.05, 3.63) is 29.8 Å². The van der Waals surface area contributed by atoms with Gasteiger partial charge >= 0.3 is 0 Å². The van der Waals surface area contributed by atoms with Crippen molar-refractivity contribution in [2.24, 2.45) is 0 Å². The lowest BCUT2D eigenvalue weighted by Gasteiger charge is -2.48. The van der Waals surface area contributed by atoms with Crippen molar-refractivity contribution in [1.82, 2.24) is 9.80 Å². The van der Waals surface area contributed by atoms with Gasteiger partial charge in [0.15, 0.2) is 0 Å². The smallest absolute Gasteiger partial charge is 0.257 e. The van der Waals surface area contributed by atoms with E-state index in [4.69, 9.17) is 0 Å². The topological polar surface area (TPSA) is 60.9 Å². The lowest BCUT2D eigenvalue weighted by molar-refractivity contribution is -0.131. The largest absolute Gasteiger partial charge is 0.343 e. The van der Waals surface area contributed by atoms with Crippen LogP contribution in [0.5, 0.6) is 0 Å². The van der Waals surface area contributed by atoms with E-state index in [-0.39, 0.29) is 17.7 Å². The van der Waals surface area contributed by atoms with Crippen LogP contribution in [-0.4, -0.2) is 52.8 Å². The number of fused-ring (bicyclic) bond motifs is 3. The standard InChI is InChI=1S/C23H31N3O3/c1-23-14-13-21(28)26(23)19-11-6-5-10-18(19)22(29)25(23)17-9-12-20(27)24-15-7-3-2-4-8-16-24/h5-6,10-11H,2-4,7-9,12-17H2,1H3. The van der Waals surface area contributed by atoms with E-state index >= 15 is 0 Å². The molecule has 1 aromatic carbocycles. The predicted molar refractivity (Wildman–Crippen MR) is 112 cm³/mol. The summed E-state index contributed by atoms with van der Waals surface area (Å²) in [6.07, 6.45) is 8.00. The molecule has 1 atom stereocenters. The molecule has 156 valence electrons. The molecule has 6 heteroatoms. The Kier molecular flexibility index (Phi) is 5.61. The van der Waals surface area contributed by atoms with Crippen molar-refractivity contribution < 1.29 is 14.4 Å². The lowest BCUT2D eigenvalue weighted by atomic mass is 9.97. The third kappa shape index (κ3) is 3.65. The average molecular weight is 398 g/mol. The number of rotatable bonds is 4. The molecule has 0 bridgehead atoms. The molecule has 0 radical (unpaired) electrons. The first kappa shape index (κ1) is 19.9. The summed E-state index contributed by atoms with van der Waals surface area (Å²) in [5.41, 5.74) is 0.664. The van der Waals surface area contributed by atoms with Gasteiger partial charge in [0.05, 0.1) is 11.3 Å². The number of nitrogens with zero attached hydrogens (tertiary/aromatic N) is 3. The Labute approximate surface area is 172 Å². The van der Waals surface area contributed by atoms with Crippen molar-refractivity contribution in [2.45, 2.75) is 70.4 Å². The number of amides is 3. The predicted octanol–water partition coefficient (Wildman–Crippen LogP) is 3.56. The fraction of sp³-hybridized carbons (Fsp3) is 0.609. The Morgan fingerprint density at radius 1 is 1.03 bits per heavy atom. The molecule has 3 amide bonds. The van der Waals surface area contributed by atoms with E-state index in [2.05, 4.69) is 0 Å². The van der Waals surface area contributed by atoms with Gasteiger partial charge in [0, 0.05) is 32.5 Å². The van der Waals surface area contributed by atoms with Gasteiger partial charge in [-0.25, -0.2) is 0 Å². The molecule has 2 saturated heterocycles. The molecule has 1 aromatic rings. The minimum absolute atomic E-state index is 0.0345. The van der Waals surface area contributed by atoms with Crippen LogP contribution in [0.1, 0.15) is 75.1 Å². The first-order chi connectivity index (χ1) is 14.0. The highest BCUT2D eigenvalue weighted by atomic mass is 16.2. The van der Waals surface area contributed by atoms with Crippen LogP contribution >= 0.6 is 0 Å². The molecule has 1 unspecified atom stereocenters. The quantitative estimate of drug-likeness (QED) is 0.780. The third-order valence-corrected chi connectivity index (χ3v) is 6.73.